The van der Waals surface area contributed by atoms with Gasteiger partial charge in [0.25, 0.3) is 0 Å². The first kappa shape index (κ1) is 19.2. The number of hydrogen-bond donors (Lipinski definition) is 1. The Morgan fingerprint density at radius 3 is 2.48 bits per heavy atom. The standard InChI is InChI=1S/C22H27NO4/c1-14(2)25-19-17-13-16(23-5)11-12-18(17)27-22(3,4)20(19)26-21(24)15-9-7-6-8-10-15/h6-14,19-20,23H,1-5H3. The maximum Gasteiger partial charge on any atom is 0.338 e. The lowest BCUT2D eigenvalue weighted by atomic mass is 9.87. The Morgan fingerprint density at radius 2 is 1.85 bits per heavy atom. The van der Waals surface area contributed by atoms with Crippen molar-refractivity contribution in [2.45, 2.75) is 51.6 Å². The lowest BCUT2D eigenvalue weighted by molar-refractivity contribution is -0.151. The van der Waals surface area contributed by atoms with Crippen LogP contribution >= 0.6 is 0 Å². The van der Waals surface area contributed by atoms with Gasteiger partial charge in [-0.1, -0.05) is 18.2 Å². The van der Waals surface area contributed by atoms with Gasteiger partial charge in [0.1, 0.15) is 17.5 Å². The third-order valence-electron chi connectivity index (χ3n) is 4.60. The average Bonchev–Trinajstić information content (AvgIpc) is 2.64. The van der Waals surface area contributed by atoms with Crippen molar-refractivity contribution >= 4 is 11.7 Å². The number of nitrogens with one attached hydrogen (secondary N) is 1. The van der Waals surface area contributed by atoms with E-state index in [4.69, 9.17) is 14.2 Å². The Labute approximate surface area is 160 Å². The monoisotopic (exact) mass is 369 g/mol. The van der Waals surface area contributed by atoms with Gasteiger partial charge in [0, 0.05) is 18.3 Å². The normalized spacial score (nSPS) is 20.5. The summed E-state index contributed by atoms with van der Waals surface area (Å²) in [5, 5.41) is 3.13. The molecular formula is C22H27NO4. The minimum Gasteiger partial charge on any atom is -0.483 e. The fourth-order valence-electron chi connectivity index (χ4n) is 3.29. The molecule has 27 heavy (non-hydrogen) atoms. The molecule has 144 valence electrons. The lowest BCUT2D eigenvalue weighted by Gasteiger charge is -2.44. The van der Waals surface area contributed by atoms with E-state index in [1.807, 2.05) is 71.1 Å². The van der Waals surface area contributed by atoms with Crippen molar-refractivity contribution in [3.8, 4) is 5.75 Å². The number of hydrogen-bond acceptors (Lipinski definition) is 5. The first-order valence-corrected chi connectivity index (χ1v) is 9.24. The molecule has 1 N–H and O–H groups in total. The Bertz CT molecular complexity index is 801. The van der Waals surface area contributed by atoms with Crippen molar-refractivity contribution in [3.05, 3.63) is 59.7 Å². The summed E-state index contributed by atoms with van der Waals surface area (Å²) < 4.78 is 18.3. The summed E-state index contributed by atoms with van der Waals surface area (Å²) in [6, 6.07) is 14.8. The molecule has 0 fully saturated rings. The molecule has 2 atom stereocenters. The van der Waals surface area contributed by atoms with Crippen molar-refractivity contribution < 1.29 is 19.0 Å². The topological polar surface area (TPSA) is 56.8 Å². The largest absolute Gasteiger partial charge is 0.483 e. The first-order chi connectivity index (χ1) is 12.8. The molecule has 5 heteroatoms. The molecule has 0 radical (unpaired) electrons. The number of benzene rings is 2. The number of carbonyl (C=O) groups is 1. The molecule has 0 bridgehead atoms. The Kier molecular flexibility index (Phi) is 5.42. The molecular weight excluding hydrogens is 342 g/mol. The van der Waals surface area contributed by atoms with Crippen molar-refractivity contribution in [1.82, 2.24) is 0 Å². The quantitative estimate of drug-likeness (QED) is 0.781. The van der Waals surface area contributed by atoms with Crippen LogP contribution in [0.5, 0.6) is 5.75 Å². The zero-order valence-electron chi connectivity index (χ0n) is 16.5. The molecule has 2 aromatic rings. The number of rotatable bonds is 5. The van der Waals surface area contributed by atoms with Gasteiger partial charge in [0.2, 0.25) is 0 Å². The van der Waals surface area contributed by atoms with Crippen LogP contribution in [0.3, 0.4) is 0 Å². The summed E-state index contributed by atoms with van der Waals surface area (Å²) >= 11 is 0. The van der Waals surface area contributed by atoms with E-state index in [9.17, 15) is 4.79 Å². The lowest BCUT2D eigenvalue weighted by Crippen LogP contribution is -2.52. The Balaban J connectivity index is 1.99. The number of carbonyl (C=O) groups excluding carboxylic acids is 1. The van der Waals surface area contributed by atoms with E-state index in [1.54, 1.807) is 12.1 Å². The highest BCUT2D eigenvalue weighted by Crippen LogP contribution is 2.45. The van der Waals surface area contributed by atoms with Gasteiger partial charge in [0.15, 0.2) is 6.10 Å². The van der Waals surface area contributed by atoms with E-state index in [-0.39, 0.29) is 12.1 Å². The summed E-state index contributed by atoms with van der Waals surface area (Å²) in [4.78, 5) is 12.7. The number of fused-ring (bicyclic) bond motifs is 1. The van der Waals surface area contributed by atoms with E-state index >= 15 is 0 Å². The van der Waals surface area contributed by atoms with Crippen LogP contribution in [0.1, 0.15) is 49.7 Å². The van der Waals surface area contributed by atoms with Crippen LogP contribution in [0.2, 0.25) is 0 Å². The Hall–Kier alpha value is -2.53. The Morgan fingerprint density at radius 1 is 1.15 bits per heavy atom. The molecule has 2 unspecified atom stereocenters. The van der Waals surface area contributed by atoms with E-state index in [0.717, 1.165) is 17.0 Å². The van der Waals surface area contributed by atoms with Gasteiger partial charge < -0.3 is 19.5 Å². The minimum atomic E-state index is -0.738. The highest BCUT2D eigenvalue weighted by Gasteiger charge is 2.47. The van der Waals surface area contributed by atoms with Gasteiger partial charge >= 0.3 is 5.97 Å². The second-order valence-corrected chi connectivity index (χ2v) is 7.51. The molecule has 1 aliphatic rings. The highest BCUT2D eigenvalue weighted by molar-refractivity contribution is 5.89. The summed E-state index contributed by atoms with van der Waals surface area (Å²) in [7, 11) is 1.86. The van der Waals surface area contributed by atoms with Crippen LogP contribution in [0.15, 0.2) is 48.5 Å². The van der Waals surface area contributed by atoms with Crippen molar-refractivity contribution in [2.24, 2.45) is 0 Å². The highest BCUT2D eigenvalue weighted by atomic mass is 16.6. The van der Waals surface area contributed by atoms with E-state index in [1.165, 1.54) is 0 Å². The average molecular weight is 369 g/mol. The first-order valence-electron chi connectivity index (χ1n) is 9.24. The van der Waals surface area contributed by atoms with Crippen molar-refractivity contribution in [3.63, 3.8) is 0 Å². The van der Waals surface area contributed by atoms with E-state index in [2.05, 4.69) is 5.32 Å². The predicted molar refractivity (Wildman–Crippen MR) is 105 cm³/mol. The smallest absolute Gasteiger partial charge is 0.338 e. The molecule has 1 heterocycles. The predicted octanol–water partition coefficient (Wildman–Crippen LogP) is 4.59. The van der Waals surface area contributed by atoms with E-state index in [0.29, 0.717) is 5.56 Å². The third kappa shape index (κ3) is 4.08. The van der Waals surface area contributed by atoms with Gasteiger partial charge in [-0.25, -0.2) is 4.79 Å². The summed E-state index contributed by atoms with van der Waals surface area (Å²) in [5.74, 6) is 0.361. The number of anilines is 1. The molecule has 0 saturated carbocycles. The van der Waals surface area contributed by atoms with E-state index < -0.39 is 17.8 Å². The molecule has 3 rings (SSSR count). The summed E-state index contributed by atoms with van der Waals surface area (Å²) in [6.45, 7) is 7.78. The second kappa shape index (κ2) is 7.61. The number of ether oxygens (including phenoxy) is 3. The van der Waals surface area contributed by atoms with Crippen LogP contribution < -0.4 is 10.1 Å². The second-order valence-electron chi connectivity index (χ2n) is 7.51. The molecule has 0 amide bonds. The van der Waals surface area contributed by atoms with Gasteiger partial charge in [0.05, 0.1) is 11.7 Å². The SMILES string of the molecule is CNc1ccc2c(c1)C(OC(C)C)C(OC(=O)c1ccccc1)C(C)(C)O2. The molecule has 0 aromatic heterocycles. The van der Waals surface area contributed by atoms with Crippen molar-refractivity contribution in [2.75, 3.05) is 12.4 Å². The summed E-state index contributed by atoms with van der Waals surface area (Å²) in [5.41, 5.74) is 1.59. The third-order valence-corrected chi connectivity index (χ3v) is 4.60. The zero-order valence-corrected chi connectivity index (χ0v) is 16.5. The van der Waals surface area contributed by atoms with Crippen LogP contribution in [0.4, 0.5) is 5.69 Å². The van der Waals surface area contributed by atoms with Gasteiger partial charge in [-0.05, 0) is 58.0 Å². The fraction of sp³-hybridized carbons (Fsp3) is 0.409. The molecule has 2 aromatic carbocycles. The summed E-state index contributed by atoms with van der Waals surface area (Å²) in [6.07, 6.45) is -1.05. The van der Waals surface area contributed by atoms with Gasteiger partial charge in [-0.3, -0.25) is 0 Å². The molecule has 1 aliphatic heterocycles. The molecule has 0 saturated heterocycles. The molecule has 0 aliphatic carbocycles. The molecule has 5 nitrogen and oxygen atoms in total. The minimum absolute atomic E-state index is 0.0343. The molecule has 0 spiro atoms. The van der Waals surface area contributed by atoms with Crippen LogP contribution in [0.25, 0.3) is 0 Å². The van der Waals surface area contributed by atoms with Crippen LogP contribution in [-0.4, -0.2) is 30.8 Å². The van der Waals surface area contributed by atoms with Crippen LogP contribution in [0, 0.1) is 0 Å². The maximum atomic E-state index is 12.7. The maximum absolute atomic E-state index is 12.7. The van der Waals surface area contributed by atoms with Gasteiger partial charge in [-0.15, -0.1) is 0 Å². The fourth-order valence-corrected chi connectivity index (χ4v) is 3.29. The van der Waals surface area contributed by atoms with Gasteiger partial charge in [-0.2, -0.15) is 0 Å². The van der Waals surface area contributed by atoms with Crippen molar-refractivity contribution in [1.29, 1.82) is 0 Å². The zero-order chi connectivity index (χ0) is 19.6. The van der Waals surface area contributed by atoms with Crippen LogP contribution in [-0.2, 0) is 9.47 Å². The number of esters is 1.